The van der Waals surface area contributed by atoms with Crippen LogP contribution in [0.3, 0.4) is 0 Å². The van der Waals surface area contributed by atoms with Gasteiger partial charge in [-0.2, -0.15) is 0 Å². The van der Waals surface area contributed by atoms with Gasteiger partial charge in [-0.3, -0.25) is 4.98 Å². The molecule has 0 bridgehead atoms. The largest absolute Gasteiger partial charge is 0.397 e. The Balaban J connectivity index is 1.84. The number of hydrogen-bond acceptors (Lipinski definition) is 5. The molecule has 2 aromatic heterocycles. The summed E-state index contributed by atoms with van der Waals surface area (Å²) in [7, 11) is 1.93. The molecule has 3 aromatic rings. The lowest BCUT2D eigenvalue weighted by Gasteiger charge is -2.18. The molecule has 2 heterocycles. The van der Waals surface area contributed by atoms with E-state index in [-0.39, 0.29) is 5.28 Å². The van der Waals surface area contributed by atoms with Crippen molar-refractivity contribution in [1.29, 1.82) is 0 Å². The highest BCUT2D eigenvalue weighted by atomic mass is 35.5. The molecular weight excluding hydrogens is 322 g/mol. The van der Waals surface area contributed by atoms with E-state index in [1.54, 1.807) is 18.6 Å². The first kappa shape index (κ1) is 16.0. The fraction of sp³-hybridized carbons (Fsp3) is 0.0556. The van der Waals surface area contributed by atoms with Crippen LogP contribution in [0.15, 0.2) is 55.0 Å². The Labute approximate surface area is 145 Å². The molecule has 0 amide bonds. The molecule has 0 radical (unpaired) electrons. The maximum absolute atomic E-state index is 5.86. The van der Waals surface area contributed by atoms with Crippen molar-refractivity contribution in [3.63, 3.8) is 0 Å². The minimum atomic E-state index is 0.226. The minimum absolute atomic E-state index is 0.226. The second kappa shape index (κ2) is 7.10. The third-order valence-electron chi connectivity index (χ3n) is 3.46. The molecule has 0 aliphatic carbocycles. The van der Waals surface area contributed by atoms with E-state index in [0.717, 1.165) is 22.6 Å². The molecule has 0 fully saturated rings. The quantitative estimate of drug-likeness (QED) is 0.727. The van der Waals surface area contributed by atoms with Crippen molar-refractivity contribution in [2.75, 3.05) is 17.7 Å². The minimum Gasteiger partial charge on any atom is -0.397 e. The number of pyridine rings is 1. The molecular formula is C18H16ClN5. The Hall–Kier alpha value is -2.92. The highest BCUT2D eigenvalue weighted by Gasteiger charge is 2.06. The molecule has 24 heavy (non-hydrogen) atoms. The zero-order chi connectivity index (χ0) is 16.9. The molecule has 0 atom stereocenters. The van der Waals surface area contributed by atoms with Crippen LogP contribution in [0.2, 0.25) is 5.28 Å². The standard InChI is InChI=1S/C18H16ClN5/c1-24(17-7-8-22-18(19)23-17)16-4-2-3-13(10-16)5-6-14-9-15(20)12-21-11-14/h2-12H,20H2,1H3/b6-5+. The maximum atomic E-state index is 5.86. The van der Waals surface area contributed by atoms with Gasteiger partial charge in [-0.05, 0) is 47.0 Å². The summed E-state index contributed by atoms with van der Waals surface area (Å²) in [5.41, 5.74) is 9.40. The van der Waals surface area contributed by atoms with Gasteiger partial charge in [0.2, 0.25) is 5.28 Å². The number of benzene rings is 1. The average molecular weight is 338 g/mol. The Morgan fingerprint density at radius 2 is 1.92 bits per heavy atom. The maximum Gasteiger partial charge on any atom is 0.224 e. The van der Waals surface area contributed by atoms with E-state index in [1.807, 2.05) is 54.4 Å². The predicted molar refractivity (Wildman–Crippen MR) is 99.1 cm³/mol. The van der Waals surface area contributed by atoms with Crippen LogP contribution in [-0.2, 0) is 0 Å². The number of nitrogens with two attached hydrogens (primary N) is 1. The van der Waals surface area contributed by atoms with E-state index in [9.17, 15) is 0 Å². The van der Waals surface area contributed by atoms with Gasteiger partial charge in [-0.25, -0.2) is 9.97 Å². The van der Waals surface area contributed by atoms with E-state index in [0.29, 0.717) is 5.69 Å². The molecule has 0 unspecified atom stereocenters. The third kappa shape index (κ3) is 3.88. The third-order valence-corrected chi connectivity index (χ3v) is 3.64. The number of nitrogen functional groups attached to an aromatic ring is 1. The summed E-state index contributed by atoms with van der Waals surface area (Å²) >= 11 is 5.86. The smallest absolute Gasteiger partial charge is 0.224 e. The van der Waals surface area contributed by atoms with E-state index in [2.05, 4.69) is 21.0 Å². The Bertz CT molecular complexity index is 879. The van der Waals surface area contributed by atoms with Crippen molar-refractivity contribution in [1.82, 2.24) is 15.0 Å². The molecule has 1 aromatic carbocycles. The second-order valence-electron chi connectivity index (χ2n) is 5.22. The van der Waals surface area contributed by atoms with Gasteiger partial charge in [-0.1, -0.05) is 24.3 Å². The Morgan fingerprint density at radius 1 is 1.08 bits per heavy atom. The van der Waals surface area contributed by atoms with Gasteiger partial charge >= 0.3 is 0 Å². The van der Waals surface area contributed by atoms with Gasteiger partial charge in [0, 0.05) is 31.3 Å². The SMILES string of the molecule is CN(c1cccc(/C=C/c2cncc(N)c2)c1)c1ccnc(Cl)n1. The summed E-state index contributed by atoms with van der Waals surface area (Å²) < 4.78 is 0. The number of hydrogen-bond donors (Lipinski definition) is 1. The molecule has 0 saturated heterocycles. The van der Waals surface area contributed by atoms with E-state index >= 15 is 0 Å². The number of aromatic nitrogens is 3. The molecule has 0 spiro atoms. The van der Waals surface area contributed by atoms with E-state index in [4.69, 9.17) is 17.3 Å². The molecule has 5 nitrogen and oxygen atoms in total. The summed E-state index contributed by atoms with van der Waals surface area (Å²) in [6.45, 7) is 0. The number of anilines is 3. The van der Waals surface area contributed by atoms with Crippen LogP contribution < -0.4 is 10.6 Å². The van der Waals surface area contributed by atoms with Crippen LogP contribution in [0.25, 0.3) is 12.2 Å². The first-order valence-corrected chi connectivity index (χ1v) is 7.70. The van der Waals surface area contributed by atoms with Crippen LogP contribution >= 0.6 is 11.6 Å². The monoisotopic (exact) mass is 337 g/mol. The lowest BCUT2D eigenvalue weighted by atomic mass is 10.1. The number of nitrogens with zero attached hydrogens (tertiary/aromatic N) is 4. The lowest BCUT2D eigenvalue weighted by Crippen LogP contribution is -2.11. The number of rotatable bonds is 4. The Morgan fingerprint density at radius 3 is 2.71 bits per heavy atom. The van der Waals surface area contributed by atoms with Gasteiger partial charge in [-0.15, -0.1) is 0 Å². The van der Waals surface area contributed by atoms with Crippen LogP contribution in [0, 0.1) is 0 Å². The topological polar surface area (TPSA) is 67.9 Å². The van der Waals surface area contributed by atoms with Crippen molar-refractivity contribution in [2.24, 2.45) is 0 Å². The fourth-order valence-electron chi connectivity index (χ4n) is 2.24. The normalized spacial score (nSPS) is 10.9. The average Bonchev–Trinajstić information content (AvgIpc) is 2.60. The van der Waals surface area contributed by atoms with E-state index < -0.39 is 0 Å². The van der Waals surface area contributed by atoms with Crippen molar-refractivity contribution in [2.45, 2.75) is 0 Å². The van der Waals surface area contributed by atoms with Gasteiger partial charge in [0.15, 0.2) is 0 Å². The van der Waals surface area contributed by atoms with Crippen LogP contribution in [0.4, 0.5) is 17.2 Å². The summed E-state index contributed by atoms with van der Waals surface area (Å²) in [6, 6.07) is 11.8. The zero-order valence-corrected chi connectivity index (χ0v) is 13.9. The summed E-state index contributed by atoms with van der Waals surface area (Å²) in [5, 5.41) is 0.226. The summed E-state index contributed by atoms with van der Waals surface area (Å²) in [6.07, 6.45) is 9.02. The molecule has 2 N–H and O–H groups in total. The first-order valence-electron chi connectivity index (χ1n) is 7.33. The highest BCUT2D eigenvalue weighted by molar-refractivity contribution is 6.28. The summed E-state index contributed by atoms with van der Waals surface area (Å²) in [4.78, 5) is 14.2. The molecule has 3 rings (SSSR count). The zero-order valence-electron chi connectivity index (χ0n) is 13.1. The molecule has 120 valence electrons. The lowest BCUT2D eigenvalue weighted by molar-refractivity contribution is 1.08. The molecule has 6 heteroatoms. The highest BCUT2D eigenvalue weighted by Crippen LogP contribution is 2.23. The van der Waals surface area contributed by atoms with Crippen LogP contribution in [0.1, 0.15) is 11.1 Å². The fourth-order valence-corrected chi connectivity index (χ4v) is 2.39. The van der Waals surface area contributed by atoms with Gasteiger partial charge < -0.3 is 10.6 Å². The summed E-state index contributed by atoms with van der Waals surface area (Å²) in [5.74, 6) is 0.733. The first-order chi connectivity index (χ1) is 11.6. The van der Waals surface area contributed by atoms with Crippen molar-refractivity contribution in [3.05, 3.63) is 71.4 Å². The molecule has 0 aliphatic heterocycles. The van der Waals surface area contributed by atoms with Gasteiger partial charge in [0.25, 0.3) is 0 Å². The van der Waals surface area contributed by atoms with E-state index in [1.165, 1.54) is 0 Å². The van der Waals surface area contributed by atoms with Crippen LogP contribution in [-0.4, -0.2) is 22.0 Å². The number of halogens is 1. The van der Waals surface area contributed by atoms with Crippen molar-refractivity contribution < 1.29 is 0 Å². The van der Waals surface area contributed by atoms with Crippen LogP contribution in [0.5, 0.6) is 0 Å². The predicted octanol–water partition coefficient (Wildman–Crippen LogP) is 4.05. The van der Waals surface area contributed by atoms with Gasteiger partial charge in [0.1, 0.15) is 5.82 Å². The van der Waals surface area contributed by atoms with Crippen molar-refractivity contribution in [3.8, 4) is 0 Å². The van der Waals surface area contributed by atoms with Crippen molar-refractivity contribution >= 4 is 40.9 Å². The Kier molecular flexibility index (Phi) is 4.72. The van der Waals surface area contributed by atoms with Gasteiger partial charge in [0.05, 0.1) is 5.69 Å². The second-order valence-corrected chi connectivity index (χ2v) is 5.56. The molecule has 0 saturated carbocycles. The molecule has 0 aliphatic rings.